The van der Waals surface area contributed by atoms with E-state index in [1.54, 1.807) is 11.8 Å². The Morgan fingerprint density at radius 2 is 1.60 bits per heavy atom. The van der Waals surface area contributed by atoms with E-state index in [0.717, 1.165) is 17.7 Å². The topological polar surface area (TPSA) is 58.6 Å². The van der Waals surface area contributed by atoms with Crippen LogP contribution in [0.25, 0.3) is 0 Å². The molecule has 1 atom stereocenters. The number of amides is 2. The molecular formula is C25H24N2O3. The molecule has 0 saturated carbocycles. The molecule has 5 heteroatoms. The standard InChI is InChI=1S/C25H24N2O3/c1-18(28)27-16-15-19-7-5-6-10-23(19)24(27)17-25(29)26-20-11-13-22(14-12-20)30-21-8-3-2-4-9-21/h2-14,24H,15-17H2,1H3,(H,26,29). The first-order valence-electron chi connectivity index (χ1n) is 10.1. The van der Waals surface area contributed by atoms with E-state index in [0.29, 0.717) is 18.0 Å². The molecular weight excluding hydrogens is 376 g/mol. The van der Waals surface area contributed by atoms with Crippen LogP contribution in [0.3, 0.4) is 0 Å². The van der Waals surface area contributed by atoms with Gasteiger partial charge in [0.1, 0.15) is 11.5 Å². The number of para-hydroxylation sites is 1. The highest BCUT2D eigenvalue weighted by atomic mass is 16.5. The van der Waals surface area contributed by atoms with Gasteiger partial charge >= 0.3 is 0 Å². The number of nitrogens with zero attached hydrogens (tertiary/aromatic N) is 1. The molecule has 3 aromatic rings. The van der Waals surface area contributed by atoms with Gasteiger partial charge in [0.2, 0.25) is 11.8 Å². The van der Waals surface area contributed by atoms with Crippen LogP contribution in [0, 0.1) is 0 Å². The average Bonchev–Trinajstić information content (AvgIpc) is 2.76. The van der Waals surface area contributed by atoms with Crippen LogP contribution in [0.4, 0.5) is 5.69 Å². The van der Waals surface area contributed by atoms with E-state index in [1.807, 2.05) is 72.8 Å². The Kier molecular flexibility index (Phi) is 5.80. The lowest BCUT2D eigenvalue weighted by Gasteiger charge is -2.36. The summed E-state index contributed by atoms with van der Waals surface area (Å²) in [6, 6.07) is 24.6. The number of carbonyl (C=O) groups is 2. The highest BCUT2D eigenvalue weighted by molar-refractivity contribution is 5.91. The number of hydrogen-bond donors (Lipinski definition) is 1. The van der Waals surface area contributed by atoms with Crippen LogP contribution in [0.1, 0.15) is 30.5 Å². The van der Waals surface area contributed by atoms with E-state index in [9.17, 15) is 9.59 Å². The maximum Gasteiger partial charge on any atom is 0.226 e. The lowest BCUT2D eigenvalue weighted by atomic mass is 9.90. The molecule has 0 aromatic heterocycles. The molecule has 1 aliphatic rings. The Bertz CT molecular complexity index is 1030. The Balaban J connectivity index is 1.43. The third kappa shape index (κ3) is 4.51. The molecule has 0 spiro atoms. The summed E-state index contributed by atoms with van der Waals surface area (Å²) in [6.45, 7) is 2.19. The second kappa shape index (κ2) is 8.82. The largest absolute Gasteiger partial charge is 0.457 e. The van der Waals surface area contributed by atoms with Gasteiger partial charge in [-0.25, -0.2) is 0 Å². The molecule has 30 heavy (non-hydrogen) atoms. The zero-order valence-corrected chi connectivity index (χ0v) is 16.9. The number of carbonyl (C=O) groups excluding carboxylic acids is 2. The summed E-state index contributed by atoms with van der Waals surface area (Å²) in [7, 11) is 0. The number of rotatable bonds is 5. The molecule has 4 rings (SSSR count). The minimum atomic E-state index is -0.242. The van der Waals surface area contributed by atoms with E-state index in [1.165, 1.54) is 5.56 Å². The van der Waals surface area contributed by atoms with Crippen LogP contribution in [0.2, 0.25) is 0 Å². The quantitative estimate of drug-likeness (QED) is 0.659. The predicted molar refractivity (Wildman–Crippen MR) is 116 cm³/mol. The fourth-order valence-corrected chi connectivity index (χ4v) is 3.87. The van der Waals surface area contributed by atoms with Crippen molar-refractivity contribution in [2.45, 2.75) is 25.8 Å². The Morgan fingerprint density at radius 1 is 0.933 bits per heavy atom. The van der Waals surface area contributed by atoms with Crippen molar-refractivity contribution in [2.75, 3.05) is 11.9 Å². The summed E-state index contributed by atoms with van der Waals surface area (Å²) >= 11 is 0. The van der Waals surface area contributed by atoms with E-state index >= 15 is 0 Å². The molecule has 0 saturated heterocycles. The van der Waals surface area contributed by atoms with Crippen LogP contribution in [-0.4, -0.2) is 23.3 Å². The number of anilines is 1. The van der Waals surface area contributed by atoms with Crippen molar-refractivity contribution in [3.05, 3.63) is 90.0 Å². The van der Waals surface area contributed by atoms with Crippen LogP contribution in [-0.2, 0) is 16.0 Å². The third-order valence-corrected chi connectivity index (χ3v) is 5.31. The molecule has 0 bridgehead atoms. The Labute approximate surface area is 176 Å². The van der Waals surface area contributed by atoms with Crippen LogP contribution in [0.5, 0.6) is 11.5 Å². The smallest absolute Gasteiger partial charge is 0.226 e. The lowest BCUT2D eigenvalue weighted by molar-refractivity contribution is -0.132. The SMILES string of the molecule is CC(=O)N1CCc2ccccc2C1CC(=O)Nc1ccc(Oc2ccccc2)cc1. The highest BCUT2D eigenvalue weighted by Gasteiger charge is 2.30. The summed E-state index contributed by atoms with van der Waals surface area (Å²) in [5.74, 6) is 1.32. The number of hydrogen-bond acceptors (Lipinski definition) is 3. The van der Waals surface area contributed by atoms with Gasteiger partial charge in [-0.15, -0.1) is 0 Å². The van der Waals surface area contributed by atoms with Gasteiger partial charge in [-0.3, -0.25) is 9.59 Å². The van der Waals surface area contributed by atoms with Crippen molar-refractivity contribution in [2.24, 2.45) is 0 Å². The fraction of sp³-hybridized carbons (Fsp3) is 0.200. The molecule has 0 fully saturated rings. The minimum absolute atomic E-state index is 0.00952. The first kappa shape index (κ1) is 19.7. The van der Waals surface area contributed by atoms with Gasteiger partial charge in [0.05, 0.1) is 12.5 Å². The molecule has 5 nitrogen and oxygen atoms in total. The lowest BCUT2D eigenvalue weighted by Crippen LogP contribution is -2.40. The van der Waals surface area contributed by atoms with Crippen molar-refractivity contribution in [1.29, 1.82) is 0 Å². The van der Waals surface area contributed by atoms with Gasteiger partial charge in [0.25, 0.3) is 0 Å². The van der Waals surface area contributed by atoms with Gasteiger partial charge in [-0.1, -0.05) is 42.5 Å². The second-order valence-electron chi connectivity index (χ2n) is 7.37. The molecule has 152 valence electrons. The average molecular weight is 400 g/mol. The van der Waals surface area contributed by atoms with Gasteiger partial charge in [0, 0.05) is 19.2 Å². The van der Waals surface area contributed by atoms with E-state index < -0.39 is 0 Å². The molecule has 1 unspecified atom stereocenters. The van der Waals surface area contributed by atoms with Crippen LogP contribution < -0.4 is 10.1 Å². The van der Waals surface area contributed by atoms with Crippen molar-refractivity contribution in [3.63, 3.8) is 0 Å². The van der Waals surface area contributed by atoms with Gasteiger partial charge in [-0.05, 0) is 53.9 Å². The van der Waals surface area contributed by atoms with Crippen LogP contribution in [0.15, 0.2) is 78.9 Å². The predicted octanol–water partition coefficient (Wildman–Crippen LogP) is 4.95. The third-order valence-electron chi connectivity index (χ3n) is 5.31. The summed E-state index contributed by atoms with van der Waals surface area (Å²) in [5.41, 5.74) is 2.95. The highest BCUT2D eigenvalue weighted by Crippen LogP contribution is 2.32. The van der Waals surface area contributed by atoms with Crippen molar-refractivity contribution in [1.82, 2.24) is 4.90 Å². The number of ether oxygens (including phenoxy) is 1. The number of fused-ring (bicyclic) bond motifs is 1. The van der Waals surface area contributed by atoms with E-state index in [4.69, 9.17) is 4.74 Å². The molecule has 1 N–H and O–H groups in total. The normalized spacial score (nSPS) is 15.2. The molecule has 2 amide bonds. The number of nitrogens with one attached hydrogen (secondary N) is 1. The molecule has 0 radical (unpaired) electrons. The first-order valence-corrected chi connectivity index (χ1v) is 10.1. The minimum Gasteiger partial charge on any atom is -0.457 e. The molecule has 0 aliphatic carbocycles. The maximum absolute atomic E-state index is 12.8. The monoisotopic (exact) mass is 400 g/mol. The van der Waals surface area contributed by atoms with Gasteiger partial charge in [0.15, 0.2) is 0 Å². The maximum atomic E-state index is 12.8. The van der Waals surface area contributed by atoms with Crippen molar-refractivity contribution < 1.29 is 14.3 Å². The Morgan fingerprint density at radius 3 is 2.33 bits per heavy atom. The molecule has 1 heterocycles. The summed E-state index contributed by atoms with van der Waals surface area (Å²) in [5, 5.41) is 2.94. The van der Waals surface area contributed by atoms with Gasteiger partial charge in [-0.2, -0.15) is 0 Å². The summed E-state index contributed by atoms with van der Waals surface area (Å²) in [6.07, 6.45) is 1.04. The van der Waals surface area contributed by atoms with Gasteiger partial charge < -0.3 is 15.0 Å². The zero-order valence-electron chi connectivity index (χ0n) is 16.9. The number of benzene rings is 3. The van der Waals surface area contributed by atoms with E-state index in [2.05, 4.69) is 11.4 Å². The van der Waals surface area contributed by atoms with E-state index in [-0.39, 0.29) is 24.3 Å². The summed E-state index contributed by atoms with van der Waals surface area (Å²) < 4.78 is 5.78. The van der Waals surface area contributed by atoms with Crippen molar-refractivity contribution >= 4 is 17.5 Å². The van der Waals surface area contributed by atoms with Crippen molar-refractivity contribution in [3.8, 4) is 11.5 Å². The molecule has 1 aliphatic heterocycles. The van der Waals surface area contributed by atoms with Crippen LogP contribution >= 0.6 is 0 Å². The summed E-state index contributed by atoms with van der Waals surface area (Å²) in [4.78, 5) is 26.7. The Hall–Kier alpha value is -3.60. The zero-order chi connectivity index (χ0) is 20.9. The molecule has 3 aromatic carbocycles. The second-order valence-corrected chi connectivity index (χ2v) is 7.37. The fourth-order valence-electron chi connectivity index (χ4n) is 3.87. The first-order chi connectivity index (χ1) is 14.6.